The van der Waals surface area contributed by atoms with Gasteiger partial charge in [0.25, 0.3) is 0 Å². The number of carbonyl (C=O) groups excluding carboxylic acids is 1. The molecular weight excluding hydrogens is 210 g/mol. The molecule has 98 valence electrons. The number of nitrogens with zero attached hydrogens (tertiary/aromatic N) is 1. The molecule has 2 rings (SSSR count). The Hall–Kier alpha value is -0.370. The number of likely N-dealkylation sites (tertiary alicyclic amines) is 1. The van der Waals surface area contributed by atoms with Crippen LogP contribution < -0.4 is 0 Å². The molecule has 0 aromatic carbocycles. The summed E-state index contributed by atoms with van der Waals surface area (Å²) in [4.78, 5) is 14.7. The van der Waals surface area contributed by atoms with E-state index in [2.05, 4.69) is 25.7 Å². The zero-order valence-corrected chi connectivity index (χ0v) is 11.8. The van der Waals surface area contributed by atoms with E-state index in [0.29, 0.717) is 18.2 Å². The maximum atomic E-state index is 12.2. The first-order valence-electron chi connectivity index (χ1n) is 7.26. The normalized spacial score (nSPS) is 34.7. The number of fused-ring (bicyclic) bond motifs is 1. The largest absolute Gasteiger partial charge is 0.298 e. The molecule has 0 radical (unpaired) electrons. The third kappa shape index (κ3) is 2.42. The van der Waals surface area contributed by atoms with Crippen LogP contribution >= 0.6 is 0 Å². The maximum Gasteiger partial charge on any atom is 0.149 e. The highest BCUT2D eigenvalue weighted by Gasteiger charge is 2.48. The molecule has 2 aliphatic rings. The van der Waals surface area contributed by atoms with Crippen molar-refractivity contribution in [3.8, 4) is 0 Å². The number of rotatable bonds is 2. The van der Waals surface area contributed by atoms with Crippen LogP contribution in [0.3, 0.4) is 0 Å². The number of carbonyl (C=O) groups is 1. The van der Waals surface area contributed by atoms with E-state index in [0.717, 1.165) is 12.3 Å². The Labute approximate surface area is 106 Å². The number of hydrogen-bond donors (Lipinski definition) is 0. The molecule has 0 unspecified atom stereocenters. The molecule has 2 heteroatoms. The van der Waals surface area contributed by atoms with Crippen LogP contribution in [0.2, 0.25) is 0 Å². The maximum absolute atomic E-state index is 12.2. The Morgan fingerprint density at radius 2 is 1.88 bits per heavy atom. The van der Waals surface area contributed by atoms with Crippen LogP contribution in [0, 0.1) is 5.92 Å². The molecule has 1 aliphatic carbocycles. The first-order valence-corrected chi connectivity index (χ1v) is 7.26. The minimum absolute atomic E-state index is 0.131. The molecule has 3 atom stereocenters. The van der Waals surface area contributed by atoms with Gasteiger partial charge in [-0.25, -0.2) is 0 Å². The number of hydrogen-bond acceptors (Lipinski definition) is 2. The molecule has 0 bridgehead atoms. The fraction of sp³-hybridized carbons (Fsp3) is 0.933. The van der Waals surface area contributed by atoms with Crippen LogP contribution in [0.4, 0.5) is 0 Å². The summed E-state index contributed by atoms with van der Waals surface area (Å²) in [5, 5.41) is 0. The number of Topliss-reactive ketones (excluding diaryl/α,β-unsaturated/α-hetero) is 1. The van der Waals surface area contributed by atoms with Gasteiger partial charge in [0, 0.05) is 18.0 Å². The van der Waals surface area contributed by atoms with Crippen molar-refractivity contribution in [2.45, 2.75) is 83.8 Å². The first-order chi connectivity index (χ1) is 7.95. The van der Waals surface area contributed by atoms with Gasteiger partial charge in [-0.05, 0) is 46.0 Å². The van der Waals surface area contributed by atoms with Crippen molar-refractivity contribution in [3.05, 3.63) is 0 Å². The fourth-order valence-electron chi connectivity index (χ4n) is 3.95. The highest BCUT2D eigenvalue weighted by Crippen LogP contribution is 2.43. The summed E-state index contributed by atoms with van der Waals surface area (Å²) in [5.74, 6) is 1.23. The Bertz CT molecular complexity index is 292. The van der Waals surface area contributed by atoms with Gasteiger partial charge in [-0.3, -0.25) is 9.69 Å². The van der Waals surface area contributed by atoms with Crippen LogP contribution in [-0.2, 0) is 4.79 Å². The van der Waals surface area contributed by atoms with Crippen molar-refractivity contribution in [1.29, 1.82) is 0 Å². The summed E-state index contributed by atoms with van der Waals surface area (Å²) >= 11 is 0. The van der Waals surface area contributed by atoms with Gasteiger partial charge in [-0.2, -0.15) is 0 Å². The van der Waals surface area contributed by atoms with E-state index >= 15 is 0 Å². The molecule has 1 saturated carbocycles. The molecule has 0 amide bonds. The lowest BCUT2D eigenvalue weighted by Crippen LogP contribution is -2.52. The minimum Gasteiger partial charge on any atom is -0.298 e. The van der Waals surface area contributed by atoms with Crippen molar-refractivity contribution in [2.75, 3.05) is 0 Å². The van der Waals surface area contributed by atoms with E-state index in [1.165, 1.54) is 25.7 Å². The molecular formula is C15H27NO. The van der Waals surface area contributed by atoms with E-state index in [1.54, 1.807) is 0 Å². The third-order valence-electron chi connectivity index (χ3n) is 4.58. The van der Waals surface area contributed by atoms with Gasteiger partial charge in [-0.1, -0.05) is 19.8 Å². The molecule has 2 fully saturated rings. The quantitative estimate of drug-likeness (QED) is 0.733. The zero-order valence-electron chi connectivity index (χ0n) is 11.8. The number of ketones is 1. The van der Waals surface area contributed by atoms with Gasteiger partial charge in [-0.15, -0.1) is 0 Å². The predicted octanol–water partition coefficient (Wildman–Crippen LogP) is 3.40. The molecule has 17 heavy (non-hydrogen) atoms. The summed E-state index contributed by atoms with van der Waals surface area (Å²) in [7, 11) is 0. The van der Waals surface area contributed by atoms with Crippen molar-refractivity contribution in [2.24, 2.45) is 5.92 Å². The van der Waals surface area contributed by atoms with Crippen molar-refractivity contribution < 1.29 is 4.79 Å². The molecule has 0 aromatic rings. The van der Waals surface area contributed by atoms with Gasteiger partial charge < -0.3 is 0 Å². The van der Waals surface area contributed by atoms with Crippen LogP contribution in [0.15, 0.2) is 0 Å². The van der Waals surface area contributed by atoms with E-state index in [9.17, 15) is 4.79 Å². The third-order valence-corrected chi connectivity index (χ3v) is 4.58. The Balaban J connectivity index is 2.24. The molecule has 1 heterocycles. The molecule has 2 nitrogen and oxygen atoms in total. The van der Waals surface area contributed by atoms with E-state index in [4.69, 9.17) is 0 Å². The lowest BCUT2D eigenvalue weighted by molar-refractivity contribution is -0.125. The smallest absolute Gasteiger partial charge is 0.149 e. The summed E-state index contributed by atoms with van der Waals surface area (Å²) < 4.78 is 0. The minimum atomic E-state index is 0.131. The van der Waals surface area contributed by atoms with E-state index in [1.807, 2.05) is 6.92 Å². The fourth-order valence-corrected chi connectivity index (χ4v) is 3.95. The monoisotopic (exact) mass is 237 g/mol. The first kappa shape index (κ1) is 13.1. The Kier molecular flexibility index (Phi) is 3.63. The summed E-state index contributed by atoms with van der Waals surface area (Å²) in [6.45, 7) is 8.80. The lowest BCUT2D eigenvalue weighted by atomic mass is 9.84. The second-order valence-electron chi connectivity index (χ2n) is 6.76. The van der Waals surface area contributed by atoms with Gasteiger partial charge in [0.1, 0.15) is 5.78 Å². The topological polar surface area (TPSA) is 20.3 Å². The highest BCUT2D eigenvalue weighted by molar-refractivity contribution is 5.84. The second kappa shape index (κ2) is 4.72. The van der Waals surface area contributed by atoms with Gasteiger partial charge >= 0.3 is 0 Å². The van der Waals surface area contributed by atoms with Crippen LogP contribution in [0.1, 0.15) is 66.2 Å². The van der Waals surface area contributed by atoms with E-state index < -0.39 is 0 Å². The van der Waals surface area contributed by atoms with Gasteiger partial charge in [0.15, 0.2) is 0 Å². The molecule has 0 N–H and O–H groups in total. The summed E-state index contributed by atoms with van der Waals surface area (Å²) in [5.41, 5.74) is 0.131. The van der Waals surface area contributed by atoms with Crippen molar-refractivity contribution in [1.82, 2.24) is 4.90 Å². The summed E-state index contributed by atoms with van der Waals surface area (Å²) in [6, 6.07) is 0.873. The van der Waals surface area contributed by atoms with Gasteiger partial charge in [0.2, 0.25) is 0 Å². The molecule has 0 spiro atoms. The van der Waals surface area contributed by atoms with E-state index in [-0.39, 0.29) is 11.6 Å². The molecule has 1 saturated heterocycles. The molecule has 0 aromatic heterocycles. The second-order valence-corrected chi connectivity index (χ2v) is 6.76. The van der Waals surface area contributed by atoms with Crippen LogP contribution in [0.5, 0.6) is 0 Å². The molecule has 1 aliphatic heterocycles. The highest BCUT2D eigenvalue weighted by atomic mass is 16.1. The van der Waals surface area contributed by atoms with Crippen LogP contribution in [0.25, 0.3) is 0 Å². The van der Waals surface area contributed by atoms with Crippen LogP contribution in [-0.4, -0.2) is 28.3 Å². The summed E-state index contributed by atoms with van der Waals surface area (Å²) in [6.07, 6.45) is 7.17. The SMILES string of the molecule is CCC(=O)[C@@H]1C[C@@H]2CCCC[C@@H]2N1C(C)(C)C. The predicted molar refractivity (Wildman–Crippen MR) is 71.0 cm³/mol. The van der Waals surface area contributed by atoms with Gasteiger partial charge in [0.05, 0.1) is 6.04 Å². The van der Waals surface area contributed by atoms with Crippen molar-refractivity contribution >= 4 is 5.78 Å². The zero-order chi connectivity index (χ0) is 12.6. The average molecular weight is 237 g/mol. The Morgan fingerprint density at radius 1 is 1.24 bits per heavy atom. The average Bonchev–Trinajstić information content (AvgIpc) is 2.66. The standard InChI is InChI=1S/C15H27NO/c1-5-14(17)13-10-11-8-6-7-9-12(11)16(13)15(2,3)4/h11-13H,5-10H2,1-4H3/t11-,12-,13-/m0/s1. The lowest BCUT2D eigenvalue weighted by Gasteiger charge is -2.42. The van der Waals surface area contributed by atoms with Crippen molar-refractivity contribution in [3.63, 3.8) is 0 Å². The Morgan fingerprint density at radius 3 is 2.47 bits per heavy atom.